The molecule has 4 N–H and O–H groups in total. The van der Waals surface area contributed by atoms with Gasteiger partial charge in [-0.3, -0.25) is 9.59 Å². The van der Waals surface area contributed by atoms with Crippen LogP contribution in [0.2, 0.25) is 0 Å². The monoisotopic (exact) mass is 435 g/mol. The van der Waals surface area contributed by atoms with Crippen molar-refractivity contribution in [1.82, 2.24) is 9.97 Å². The standard InChI is InChI=1S/C27H21N3O3/c1-33-18-13-11-16(12-14-18)22-23(26(32)20-15-29-21-10-6-5-9-19(20)21)27(28)30-24(22)25(31)17-7-3-2-4-8-17/h2-15,29-30H,28H2,1H3. The fraction of sp³-hybridized carbons (Fsp3) is 0.0370. The molecule has 0 amide bonds. The van der Waals surface area contributed by atoms with E-state index in [1.54, 1.807) is 49.7 Å². The first kappa shape index (κ1) is 20.3. The van der Waals surface area contributed by atoms with Crippen molar-refractivity contribution in [3.05, 3.63) is 107 Å². The molecule has 0 radical (unpaired) electrons. The SMILES string of the molecule is COc1ccc(-c2c(C(=O)c3ccccc3)[nH]c(N)c2C(=O)c2c[nH]c3ccccc23)cc1. The Bertz CT molecular complexity index is 1480. The van der Waals surface area contributed by atoms with Crippen molar-refractivity contribution in [2.45, 2.75) is 0 Å². The van der Waals surface area contributed by atoms with Gasteiger partial charge in [-0.1, -0.05) is 60.7 Å². The first-order chi connectivity index (χ1) is 16.1. The van der Waals surface area contributed by atoms with Crippen LogP contribution in [0.25, 0.3) is 22.0 Å². The number of ether oxygens (including phenoxy) is 1. The number of anilines is 1. The molecule has 0 bridgehead atoms. The van der Waals surface area contributed by atoms with Crippen molar-refractivity contribution in [2.75, 3.05) is 12.8 Å². The van der Waals surface area contributed by atoms with Crippen molar-refractivity contribution in [3.8, 4) is 16.9 Å². The molecule has 0 aliphatic rings. The topological polar surface area (TPSA) is 101 Å². The van der Waals surface area contributed by atoms with Gasteiger partial charge in [-0.25, -0.2) is 0 Å². The maximum Gasteiger partial charge on any atom is 0.209 e. The molecule has 0 atom stereocenters. The summed E-state index contributed by atoms with van der Waals surface area (Å²) in [6.07, 6.45) is 1.68. The smallest absolute Gasteiger partial charge is 0.209 e. The summed E-state index contributed by atoms with van der Waals surface area (Å²) in [4.78, 5) is 33.3. The van der Waals surface area contributed by atoms with Crippen molar-refractivity contribution in [3.63, 3.8) is 0 Å². The first-order valence-electron chi connectivity index (χ1n) is 10.4. The Morgan fingerprint density at radius 3 is 2.27 bits per heavy atom. The molecule has 162 valence electrons. The highest BCUT2D eigenvalue weighted by Crippen LogP contribution is 2.36. The number of para-hydroxylation sites is 1. The third-order valence-electron chi connectivity index (χ3n) is 5.73. The molecule has 0 fully saturated rings. The molecular formula is C27H21N3O3. The molecule has 0 saturated heterocycles. The van der Waals surface area contributed by atoms with Crippen molar-refractivity contribution < 1.29 is 14.3 Å². The number of H-pyrrole nitrogens is 2. The molecule has 2 aromatic heterocycles. The molecule has 5 rings (SSSR count). The van der Waals surface area contributed by atoms with Crippen molar-refractivity contribution >= 4 is 28.3 Å². The number of carbonyl (C=O) groups excluding carboxylic acids is 2. The lowest BCUT2D eigenvalue weighted by Gasteiger charge is -2.09. The molecule has 0 saturated carbocycles. The fourth-order valence-electron chi connectivity index (χ4n) is 4.10. The number of fused-ring (bicyclic) bond motifs is 1. The second kappa shape index (κ2) is 8.16. The average molecular weight is 435 g/mol. The lowest BCUT2D eigenvalue weighted by molar-refractivity contribution is 0.103. The highest BCUT2D eigenvalue weighted by molar-refractivity contribution is 6.24. The number of ketones is 2. The van der Waals surface area contributed by atoms with Crippen LogP contribution in [-0.2, 0) is 0 Å². The van der Waals surface area contributed by atoms with Crippen LogP contribution in [0.1, 0.15) is 32.0 Å². The number of aromatic amines is 2. The van der Waals surface area contributed by atoms with Crippen LogP contribution in [0, 0.1) is 0 Å². The van der Waals surface area contributed by atoms with Gasteiger partial charge >= 0.3 is 0 Å². The first-order valence-corrected chi connectivity index (χ1v) is 10.4. The summed E-state index contributed by atoms with van der Waals surface area (Å²) in [6, 6.07) is 23.7. The van der Waals surface area contributed by atoms with E-state index in [0.717, 1.165) is 10.9 Å². The summed E-state index contributed by atoms with van der Waals surface area (Å²) in [5, 5.41) is 0.791. The zero-order chi connectivity index (χ0) is 22.9. The summed E-state index contributed by atoms with van der Waals surface area (Å²) < 4.78 is 5.27. The molecule has 33 heavy (non-hydrogen) atoms. The van der Waals surface area contributed by atoms with Crippen LogP contribution in [0.4, 0.5) is 5.82 Å². The number of nitrogens with two attached hydrogens (primary N) is 1. The highest BCUT2D eigenvalue weighted by Gasteiger charge is 2.29. The molecule has 0 unspecified atom stereocenters. The van der Waals surface area contributed by atoms with E-state index in [9.17, 15) is 9.59 Å². The quantitative estimate of drug-likeness (QED) is 0.319. The second-order valence-electron chi connectivity index (χ2n) is 7.66. The normalized spacial score (nSPS) is 10.9. The molecule has 5 aromatic rings. The number of nitrogens with one attached hydrogen (secondary N) is 2. The van der Waals surface area contributed by atoms with Gasteiger partial charge in [-0.2, -0.15) is 0 Å². The predicted octanol–water partition coefficient (Wildman–Crippen LogP) is 5.22. The van der Waals surface area contributed by atoms with Gasteiger partial charge < -0.3 is 20.4 Å². The molecular weight excluding hydrogens is 414 g/mol. The zero-order valence-electron chi connectivity index (χ0n) is 17.9. The number of nitrogen functional groups attached to an aromatic ring is 1. The van der Waals surface area contributed by atoms with Crippen LogP contribution in [0.3, 0.4) is 0 Å². The Morgan fingerprint density at radius 2 is 1.55 bits per heavy atom. The van der Waals surface area contributed by atoms with E-state index in [0.29, 0.717) is 28.0 Å². The van der Waals surface area contributed by atoms with E-state index in [-0.39, 0.29) is 28.6 Å². The number of methoxy groups -OCH3 is 1. The minimum atomic E-state index is -0.265. The Hall–Kier alpha value is -4.58. The van der Waals surface area contributed by atoms with E-state index in [1.807, 2.05) is 42.5 Å². The van der Waals surface area contributed by atoms with Crippen molar-refractivity contribution in [2.24, 2.45) is 0 Å². The fourth-order valence-corrected chi connectivity index (χ4v) is 4.10. The summed E-state index contributed by atoms with van der Waals surface area (Å²) in [7, 11) is 1.58. The molecule has 0 aliphatic heterocycles. The van der Waals surface area contributed by atoms with E-state index in [2.05, 4.69) is 9.97 Å². The average Bonchev–Trinajstić information content (AvgIpc) is 3.45. The zero-order valence-corrected chi connectivity index (χ0v) is 17.9. The molecule has 3 aromatic carbocycles. The van der Waals surface area contributed by atoms with Gasteiger partial charge in [-0.15, -0.1) is 0 Å². The van der Waals surface area contributed by atoms with Crippen molar-refractivity contribution in [1.29, 1.82) is 0 Å². The van der Waals surface area contributed by atoms with Gasteiger partial charge in [0, 0.05) is 33.8 Å². The van der Waals surface area contributed by atoms with E-state index < -0.39 is 0 Å². The van der Waals surface area contributed by atoms with E-state index in [4.69, 9.17) is 10.5 Å². The van der Waals surface area contributed by atoms with E-state index in [1.165, 1.54) is 0 Å². The van der Waals surface area contributed by atoms with Crippen LogP contribution >= 0.6 is 0 Å². The summed E-state index contributed by atoms with van der Waals surface area (Å²) >= 11 is 0. The Balaban J connectivity index is 1.72. The maximum atomic E-state index is 13.8. The van der Waals surface area contributed by atoms with Crippen LogP contribution in [0.5, 0.6) is 5.75 Å². The Labute approximate surface area is 190 Å². The van der Waals surface area contributed by atoms with Gasteiger partial charge in [0.2, 0.25) is 5.78 Å². The Kier molecular flexibility index (Phi) is 5.03. The molecule has 2 heterocycles. The lowest BCUT2D eigenvalue weighted by Crippen LogP contribution is -2.06. The third kappa shape index (κ3) is 3.47. The molecule has 6 nitrogen and oxygen atoms in total. The van der Waals surface area contributed by atoms with Crippen LogP contribution in [0.15, 0.2) is 85.1 Å². The van der Waals surface area contributed by atoms with Crippen LogP contribution in [-0.4, -0.2) is 28.6 Å². The van der Waals surface area contributed by atoms with Gasteiger partial charge in [0.05, 0.1) is 18.4 Å². The second-order valence-corrected chi connectivity index (χ2v) is 7.66. The summed E-state index contributed by atoms with van der Waals surface area (Å²) in [5.41, 5.74) is 9.87. The van der Waals surface area contributed by atoms with Gasteiger partial charge in [0.25, 0.3) is 0 Å². The maximum absolute atomic E-state index is 13.8. The molecule has 6 heteroatoms. The minimum absolute atomic E-state index is 0.149. The highest BCUT2D eigenvalue weighted by atomic mass is 16.5. The molecule has 0 spiro atoms. The summed E-state index contributed by atoms with van der Waals surface area (Å²) in [6.45, 7) is 0. The number of hydrogen-bond acceptors (Lipinski definition) is 4. The largest absolute Gasteiger partial charge is 0.497 e. The number of carbonyl (C=O) groups is 2. The number of hydrogen-bond donors (Lipinski definition) is 3. The van der Waals surface area contributed by atoms with Gasteiger partial charge in [0.1, 0.15) is 11.6 Å². The number of aromatic nitrogens is 2. The predicted molar refractivity (Wildman–Crippen MR) is 129 cm³/mol. The lowest BCUT2D eigenvalue weighted by atomic mass is 9.93. The van der Waals surface area contributed by atoms with Crippen LogP contribution < -0.4 is 10.5 Å². The Morgan fingerprint density at radius 1 is 0.848 bits per heavy atom. The third-order valence-corrected chi connectivity index (χ3v) is 5.73. The number of benzene rings is 3. The minimum Gasteiger partial charge on any atom is -0.497 e. The van der Waals surface area contributed by atoms with Gasteiger partial charge in [0.15, 0.2) is 5.78 Å². The number of rotatable bonds is 6. The van der Waals surface area contributed by atoms with E-state index >= 15 is 0 Å². The van der Waals surface area contributed by atoms with Gasteiger partial charge in [-0.05, 0) is 23.8 Å². The summed E-state index contributed by atoms with van der Waals surface area (Å²) in [5.74, 6) is 0.309. The molecule has 0 aliphatic carbocycles.